The van der Waals surface area contributed by atoms with Crippen molar-refractivity contribution in [2.45, 2.75) is 26.2 Å². The summed E-state index contributed by atoms with van der Waals surface area (Å²) < 4.78 is 2.33. The van der Waals surface area contributed by atoms with Crippen LogP contribution in [0.2, 0.25) is 0 Å². The lowest BCUT2D eigenvalue weighted by atomic mass is 9.86. The summed E-state index contributed by atoms with van der Waals surface area (Å²) in [6.07, 6.45) is 0. The molecule has 0 fully saturated rings. The topological polar surface area (TPSA) is 19.7 Å². The largest absolute Gasteiger partial charge is 0.292 e. The molecule has 5 rings (SSSR count). The van der Waals surface area contributed by atoms with Crippen LogP contribution in [-0.2, 0) is 5.41 Å². The highest BCUT2D eigenvalue weighted by Crippen LogP contribution is 2.28. The molecule has 0 aliphatic carbocycles. The molecule has 0 unspecified atom stereocenters. The minimum Gasteiger partial charge on any atom is -0.236 e. The molecule has 31 heavy (non-hydrogen) atoms. The van der Waals surface area contributed by atoms with Gasteiger partial charge in [0, 0.05) is 0 Å². The van der Waals surface area contributed by atoms with Gasteiger partial charge in [-0.2, -0.15) is 4.57 Å². The van der Waals surface area contributed by atoms with Crippen molar-refractivity contribution < 1.29 is 4.57 Å². The maximum absolute atomic E-state index is 3.67. The highest BCUT2D eigenvalue weighted by atomic mass is 15.1. The quantitative estimate of drug-likeness (QED) is 0.311. The van der Waals surface area contributed by atoms with Crippen LogP contribution in [0.5, 0.6) is 0 Å². The summed E-state index contributed by atoms with van der Waals surface area (Å²) >= 11 is 0. The third kappa shape index (κ3) is 3.66. The Morgan fingerprint density at radius 3 is 2.00 bits per heavy atom. The Morgan fingerprint density at radius 2 is 1.26 bits per heavy atom. The van der Waals surface area contributed by atoms with Crippen molar-refractivity contribution in [3.63, 3.8) is 0 Å². The molecule has 0 radical (unpaired) electrons. The van der Waals surface area contributed by atoms with Crippen molar-refractivity contribution in [3.8, 4) is 28.2 Å². The summed E-state index contributed by atoms with van der Waals surface area (Å²) in [5.74, 6) is 1.10. The molecule has 1 aromatic heterocycles. The molecule has 0 saturated heterocycles. The second kappa shape index (κ2) is 7.55. The van der Waals surface area contributed by atoms with E-state index in [4.69, 9.17) is 0 Å². The smallest absolute Gasteiger partial charge is 0.236 e. The summed E-state index contributed by atoms with van der Waals surface area (Å²) in [5, 5.41) is 0. The number of nitrogens with one attached hydrogen (secondary N) is 1. The number of hydrogen-bond donors (Lipinski definition) is 1. The Bertz CT molecular complexity index is 1340. The van der Waals surface area contributed by atoms with E-state index in [1.807, 2.05) is 0 Å². The fourth-order valence-corrected chi connectivity index (χ4v) is 4.11. The van der Waals surface area contributed by atoms with E-state index in [1.54, 1.807) is 0 Å². The molecular formula is C29H27N2+. The Hall–Kier alpha value is -3.65. The van der Waals surface area contributed by atoms with Gasteiger partial charge in [-0.05, 0) is 58.5 Å². The zero-order valence-electron chi connectivity index (χ0n) is 18.3. The molecule has 2 heteroatoms. The van der Waals surface area contributed by atoms with E-state index in [1.165, 1.54) is 27.8 Å². The van der Waals surface area contributed by atoms with Gasteiger partial charge in [0.15, 0.2) is 11.0 Å². The van der Waals surface area contributed by atoms with E-state index in [-0.39, 0.29) is 5.41 Å². The number of rotatable bonds is 3. The van der Waals surface area contributed by atoms with Crippen LogP contribution >= 0.6 is 0 Å². The molecule has 0 saturated carbocycles. The van der Waals surface area contributed by atoms with Gasteiger partial charge in [-0.1, -0.05) is 87.5 Å². The van der Waals surface area contributed by atoms with Crippen LogP contribution in [0.3, 0.4) is 0 Å². The summed E-state index contributed by atoms with van der Waals surface area (Å²) in [4.78, 5) is 3.67. The summed E-state index contributed by atoms with van der Waals surface area (Å²) in [7, 11) is 0. The van der Waals surface area contributed by atoms with Crippen molar-refractivity contribution in [1.29, 1.82) is 0 Å². The van der Waals surface area contributed by atoms with Crippen LogP contribution in [0.1, 0.15) is 26.3 Å². The monoisotopic (exact) mass is 403 g/mol. The van der Waals surface area contributed by atoms with Crippen LogP contribution in [0.4, 0.5) is 0 Å². The van der Waals surface area contributed by atoms with Crippen LogP contribution in [0.25, 0.3) is 39.2 Å². The number of para-hydroxylation sites is 2. The second-order valence-electron chi connectivity index (χ2n) is 9.07. The second-order valence-corrected chi connectivity index (χ2v) is 9.07. The van der Waals surface area contributed by atoms with Crippen molar-refractivity contribution in [1.82, 2.24) is 4.98 Å². The highest BCUT2D eigenvalue weighted by molar-refractivity contribution is 5.76. The normalized spacial score (nSPS) is 11.7. The minimum absolute atomic E-state index is 0.101. The lowest BCUT2D eigenvalue weighted by Gasteiger charge is -2.19. The average Bonchev–Trinajstić information content (AvgIpc) is 3.19. The number of nitrogens with zero attached hydrogens (tertiary/aromatic N) is 1. The molecule has 1 N–H and O–H groups in total. The van der Waals surface area contributed by atoms with Gasteiger partial charge in [-0.3, -0.25) is 0 Å². The standard InChI is InChI=1S/C29H26N2/c1-29(2,3)24-13-9-12-23(20-24)28-30-26-14-7-8-15-27(26)31(28)25-18-16-22(17-19-25)21-10-5-4-6-11-21/h4-20H,1-3H3/p+1. The van der Waals surface area contributed by atoms with Crippen molar-refractivity contribution in [3.05, 3.63) is 109 Å². The number of aromatic amines is 1. The van der Waals surface area contributed by atoms with E-state index >= 15 is 0 Å². The highest BCUT2D eigenvalue weighted by Gasteiger charge is 2.23. The maximum atomic E-state index is 3.67. The van der Waals surface area contributed by atoms with Crippen LogP contribution in [0.15, 0.2) is 103 Å². The number of fused-ring (bicyclic) bond motifs is 1. The van der Waals surface area contributed by atoms with Crippen molar-refractivity contribution in [2.75, 3.05) is 0 Å². The predicted molar refractivity (Wildman–Crippen MR) is 129 cm³/mol. The van der Waals surface area contributed by atoms with Crippen LogP contribution in [-0.4, -0.2) is 4.98 Å². The predicted octanol–water partition coefficient (Wildman–Crippen LogP) is 7.08. The van der Waals surface area contributed by atoms with Gasteiger partial charge in [0.1, 0.15) is 5.69 Å². The fraction of sp³-hybridized carbons (Fsp3) is 0.138. The first kappa shape index (κ1) is 19.3. The summed E-state index contributed by atoms with van der Waals surface area (Å²) in [6, 6.07) is 36.7. The SMILES string of the molecule is CC(C)(C)c1cccc(-c2[nH]c3ccccc3[n+]2-c2ccc(-c3ccccc3)cc2)c1. The van der Waals surface area contributed by atoms with E-state index in [0.717, 1.165) is 17.0 Å². The number of benzene rings is 4. The first-order valence-electron chi connectivity index (χ1n) is 10.8. The molecule has 0 bridgehead atoms. The first-order valence-corrected chi connectivity index (χ1v) is 10.8. The van der Waals surface area contributed by atoms with Gasteiger partial charge in [0.05, 0.1) is 5.56 Å². The van der Waals surface area contributed by atoms with Gasteiger partial charge in [-0.25, -0.2) is 4.98 Å². The lowest BCUT2D eigenvalue weighted by molar-refractivity contribution is -0.554. The molecule has 4 aromatic carbocycles. The Balaban J connectivity index is 1.67. The minimum atomic E-state index is 0.101. The van der Waals surface area contributed by atoms with Crippen LogP contribution in [0, 0.1) is 0 Å². The van der Waals surface area contributed by atoms with Crippen molar-refractivity contribution >= 4 is 11.0 Å². The average molecular weight is 404 g/mol. The third-order valence-corrected chi connectivity index (χ3v) is 5.86. The molecule has 2 nitrogen and oxygen atoms in total. The van der Waals surface area contributed by atoms with Gasteiger partial charge in [0.25, 0.3) is 5.82 Å². The zero-order chi connectivity index (χ0) is 21.4. The third-order valence-electron chi connectivity index (χ3n) is 5.86. The number of hydrogen-bond acceptors (Lipinski definition) is 0. The van der Waals surface area contributed by atoms with E-state index < -0.39 is 0 Å². The van der Waals surface area contributed by atoms with Gasteiger partial charge in [-0.15, -0.1) is 0 Å². The van der Waals surface area contributed by atoms with E-state index in [2.05, 4.69) is 133 Å². The van der Waals surface area contributed by atoms with E-state index in [0.29, 0.717) is 0 Å². The summed E-state index contributed by atoms with van der Waals surface area (Å²) in [5.41, 5.74) is 8.53. The summed E-state index contributed by atoms with van der Waals surface area (Å²) in [6.45, 7) is 6.77. The first-order chi connectivity index (χ1) is 15.0. The number of aromatic nitrogens is 2. The molecule has 0 spiro atoms. The van der Waals surface area contributed by atoms with Gasteiger partial charge in [0.2, 0.25) is 0 Å². The Labute approximate surface area is 183 Å². The molecule has 0 aliphatic rings. The van der Waals surface area contributed by atoms with Crippen molar-refractivity contribution in [2.24, 2.45) is 0 Å². The number of H-pyrrole nitrogens is 1. The molecule has 1 heterocycles. The fourth-order valence-electron chi connectivity index (χ4n) is 4.11. The number of imidazole rings is 1. The van der Waals surface area contributed by atoms with Gasteiger partial charge < -0.3 is 0 Å². The van der Waals surface area contributed by atoms with Gasteiger partial charge >= 0.3 is 0 Å². The maximum Gasteiger partial charge on any atom is 0.292 e. The molecule has 5 aromatic rings. The molecule has 152 valence electrons. The lowest BCUT2D eigenvalue weighted by Crippen LogP contribution is -2.32. The molecular weight excluding hydrogens is 376 g/mol. The zero-order valence-corrected chi connectivity index (χ0v) is 18.3. The van der Waals surface area contributed by atoms with Crippen LogP contribution < -0.4 is 4.57 Å². The Kier molecular flexibility index (Phi) is 4.71. The molecule has 0 atom stereocenters. The molecule has 0 aliphatic heterocycles. The van der Waals surface area contributed by atoms with E-state index in [9.17, 15) is 0 Å². The Morgan fingerprint density at radius 1 is 0.613 bits per heavy atom. The molecule has 0 amide bonds.